The Kier molecular flexibility index (Phi) is 3.58. The summed E-state index contributed by atoms with van der Waals surface area (Å²) in [5.41, 5.74) is 5.93. The Morgan fingerprint density at radius 3 is 2.70 bits per heavy atom. The Morgan fingerprint density at radius 1 is 1.45 bits per heavy atom. The first-order valence-corrected chi connectivity index (χ1v) is 8.20. The van der Waals surface area contributed by atoms with Crippen LogP contribution in [0.25, 0.3) is 0 Å². The van der Waals surface area contributed by atoms with Crippen molar-refractivity contribution in [2.75, 3.05) is 17.6 Å². The van der Waals surface area contributed by atoms with E-state index in [0.717, 1.165) is 11.7 Å². The molecule has 0 unspecified atom stereocenters. The average Bonchev–Trinajstić information content (AvgIpc) is 3.27. The van der Waals surface area contributed by atoms with Gasteiger partial charge in [0.05, 0.1) is 0 Å². The van der Waals surface area contributed by atoms with Gasteiger partial charge < -0.3 is 16.0 Å². The number of rotatable bonds is 6. The minimum absolute atomic E-state index is 0.0331. The molecule has 0 bridgehead atoms. The Morgan fingerprint density at radius 2 is 2.15 bits per heavy atom. The van der Waals surface area contributed by atoms with Gasteiger partial charge in [0.1, 0.15) is 10.7 Å². The van der Waals surface area contributed by atoms with Gasteiger partial charge in [-0.3, -0.25) is 4.79 Å². The van der Waals surface area contributed by atoms with E-state index in [1.54, 1.807) is 0 Å². The summed E-state index contributed by atoms with van der Waals surface area (Å²) in [4.78, 5) is 19.5. The quantitative estimate of drug-likeness (QED) is 0.846. The molecule has 1 amide bonds. The summed E-state index contributed by atoms with van der Waals surface area (Å²) in [6, 6.07) is 0.723. The lowest BCUT2D eigenvalue weighted by Crippen LogP contribution is -2.38. The molecule has 5 nitrogen and oxygen atoms in total. The van der Waals surface area contributed by atoms with Crippen molar-refractivity contribution >= 4 is 28.2 Å². The fourth-order valence-corrected chi connectivity index (χ4v) is 3.10. The van der Waals surface area contributed by atoms with E-state index in [-0.39, 0.29) is 11.9 Å². The molecular formula is C14H22N4OS. The number of carbonyl (C=O) groups is 1. The van der Waals surface area contributed by atoms with Crippen LogP contribution in [0.1, 0.15) is 49.2 Å². The van der Waals surface area contributed by atoms with Crippen molar-refractivity contribution < 1.29 is 4.79 Å². The molecule has 0 radical (unpaired) electrons. The van der Waals surface area contributed by atoms with Crippen molar-refractivity contribution in [2.24, 2.45) is 5.92 Å². The monoisotopic (exact) mass is 294 g/mol. The molecule has 2 aliphatic rings. The van der Waals surface area contributed by atoms with Crippen molar-refractivity contribution in [3.8, 4) is 0 Å². The molecule has 0 aromatic carbocycles. The van der Waals surface area contributed by atoms with Crippen LogP contribution in [0.4, 0.5) is 10.9 Å². The number of nitrogen functional groups attached to an aromatic ring is 1. The Hall–Kier alpha value is -1.30. The summed E-state index contributed by atoms with van der Waals surface area (Å²) in [7, 11) is 0. The standard InChI is InChI=1S/C14H22N4OS/c1-8(2)18(7-9-3-4-9)13(19)11-12(15)17-14(20-11)16-10-5-6-10/h8-10H,3-7,15H2,1-2H3,(H,16,17). The van der Waals surface area contributed by atoms with Crippen LogP contribution in [0, 0.1) is 5.92 Å². The lowest BCUT2D eigenvalue weighted by molar-refractivity contribution is 0.0702. The van der Waals surface area contributed by atoms with Crippen molar-refractivity contribution in [3.05, 3.63) is 4.88 Å². The zero-order valence-corrected chi connectivity index (χ0v) is 12.9. The molecule has 0 spiro atoms. The SMILES string of the molecule is CC(C)N(CC1CC1)C(=O)c1sc(NC2CC2)nc1N. The van der Waals surface area contributed by atoms with E-state index in [0.29, 0.717) is 22.7 Å². The van der Waals surface area contributed by atoms with Crippen LogP contribution >= 0.6 is 11.3 Å². The number of hydrogen-bond donors (Lipinski definition) is 2. The van der Waals surface area contributed by atoms with Crippen LogP contribution in [0.5, 0.6) is 0 Å². The van der Waals surface area contributed by atoms with Gasteiger partial charge in [-0.15, -0.1) is 0 Å². The normalized spacial score (nSPS) is 18.4. The number of amides is 1. The van der Waals surface area contributed by atoms with Gasteiger partial charge in [-0.1, -0.05) is 11.3 Å². The Balaban J connectivity index is 1.74. The van der Waals surface area contributed by atoms with E-state index in [4.69, 9.17) is 5.73 Å². The number of nitrogens with two attached hydrogens (primary N) is 1. The van der Waals surface area contributed by atoms with Gasteiger partial charge in [0.25, 0.3) is 5.91 Å². The molecule has 3 N–H and O–H groups in total. The first-order valence-electron chi connectivity index (χ1n) is 7.38. The molecule has 2 saturated carbocycles. The maximum atomic E-state index is 12.7. The number of carbonyl (C=O) groups excluding carboxylic acids is 1. The van der Waals surface area contributed by atoms with Gasteiger partial charge >= 0.3 is 0 Å². The summed E-state index contributed by atoms with van der Waals surface area (Å²) in [5, 5.41) is 4.09. The van der Waals surface area contributed by atoms with Crippen LogP contribution < -0.4 is 11.1 Å². The minimum atomic E-state index is 0.0331. The number of nitrogens with zero attached hydrogens (tertiary/aromatic N) is 2. The first kappa shape index (κ1) is 13.7. The largest absolute Gasteiger partial charge is 0.382 e. The van der Waals surface area contributed by atoms with Crippen LogP contribution in [-0.4, -0.2) is 34.4 Å². The molecule has 1 heterocycles. The summed E-state index contributed by atoms with van der Waals surface area (Å²) in [6.45, 7) is 4.96. The van der Waals surface area contributed by atoms with E-state index in [2.05, 4.69) is 24.1 Å². The van der Waals surface area contributed by atoms with Gasteiger partial charge in [0.2, 0.25) is 0 Å². The summed E-state index contributed by atoms with van der Waals surface area (Å²) in [6.07, 6.45) is 4.84. The molecule has 2 aliphatic carbocycles. The molecule has 1 aromatic heterocycles. The van der Waals surface area contributed by atoms with Crippen molar-refractivity contribution in [3.63, 3.8) is 0 Å². The second-order valence-corrected chi connectivity index (χ2v) is 7.15. The highest BCUT2D eigenvalue weighted by Crippen LogP contribution is 2.34. The van der Waals surface area contributed by atoms with E-state index >= 15 is 0 Å². The van der Waals surface area contributed by atoms with Crippen molar-refractivity contribution in [1.29, 1.82) is 0 Å². The lowest BCUT2D eigenvalue weighted by atomic mass is 10.2. The van der Waals surface area contributed by atoms with E-state index in [1.165, 1.54) is 37.0 Å². The highest BCUT2D eigenvalue weighted by Gasteiger charge is 2.31. The Bertz CT molecular complexity index is 505. The van der Waals surface area contributed by atoms with Gasteiger partial charge in [0, 0.05) is 18.6 Å². The number of anilines is 2. The minimum Gasteiger partial charge on any atom is -0.382 e. The third-order valence-electron chi connectivity index (χ3n) is 3.79. The van der Waals surface area contributed by atoms with Gasteiger partial charge in [-0.2, -0.15) is 0 Å². The lowest BCUT2D eigenvalue weighted by Gasteiger charge is -2.26. The molecular weight excluding hydrogens is 272 g/mol. The van der Waals surface area contributed by atoms with Crippen molar-refractivity contribution in [1.82, 2.24) is 9.88 Å². The maximum absolute atomic E-state index is 12.7. The predicted molar refractivity (Wildman–Crippen MR) is 82.1 cm³/mol. The third kappa shape index (κ3) is 3.06. The highest BCUT2D eigenvalue weighted by atomic mass is 32.1. The molecule has 3 rings (SSSR count). The third-order valence-corrected chi connectivity index (χ3v) is 4.78. The maximum Gasteiger partial charge on any atom is 0.268 e. The van der Waals surface area contributed by atoms with Crippen LogP contribution in [0.2, 0.25) is 0 Å². The van der Waals surface area contributed by atoms with E-state index in [9.17, 15) is 4.79 Å². The second kappa shape index (κ2) is 5.24. The molecule has 0 atom stereocenters. The fraction of sp³-hybridized carbons (Fsp3) is 0.714. The topological polar surface area (TPSA) is 71.2 Å². The highest BCUT2D eigenvalue weighted by molar-refractivity contribution is 7.18. The van der Waals surface area contributed by atoms with E-state index in [1.807, 2.05) is 4.90 Å². The molecule has 20 heavy (non-hydrogen) atoms. The number of aromatic nitrogens is 1. The Labute approximate surface area is 123 Å². The predicted octanol–water partition coefficient (Wildman–Crippen LogP) is 2.56. The van der Waals surface area contributed by atoms with Gasteiger partial charge in [-0.25, -0.2) is 4.98 Å². The number of nitrogens with one attached hydrogen (secondary N) is 1. The number of hydrogen-bond acceptors (Lipinski definition) is 5. The van der Waals surface area contributed by atoms with Crippen LogP contribution in [-0.2, 0) is 0 Å². The zero-order chi connectivity index (χ0) is 14.3. The second-order valence-electron chi connectivity index (χ2n) is 6.15. The zero-order valence-electron chi connectivity index (χ0n) is 12.1. The average molecular weight is 294 g/mol. The van der Waals surface area contributed by atoms with Crippen LogP contribution in [0.3, 0.4) is 0 Å². The van der Waals surface area contributed by atoms with Crippen molar-refractivity contribution in [2.45, 2.75) is 51.6 Å². The van der Waals surface area contributed by atoms with Crippen LogP contribution in [0.15, 0.2) is 0 Å². The first-order chi connectivity index (χ1) is 9.54. The summed E-state index contributed by atoms with van der Waals surface area (Å²) >= 11 is 1.39. The molecule has 110 valence electrons. The fourth-order valence-electron chi connectivity index (χ4n) is 2.19. The van der Waals surface area contributed by atoms with Gasteiger partial charge in [0.15, 0.2) is 5.13 Å². The van der Waals surface area contributed by atoms with E-state index < -0.39 is 0 Å². The molecule has 6 heteroatoms. The summed E-state index contributed by atoms with van der Waals surface area (Å²) in [5.74, 6) is 1.08. The van der Waals surface area contributed by atoms with Gasteiger partial charge in [-0.05, 0) is 45.4 Å². The molecule has 2 fully saturated rings. The smallest absolute Gasteiger partial charge is 0.268 e. The molecule has 0 aliphatic heterocycles. The molecule has 0 saturated heterocycles. The molecule has 1 aromatic rings. The number of thiazole rings is 1. The summed E-state index contributed by atoms with van der Waals surface area (Å²) < 4.78 is 0.